The lowest BCUT2D eigenvalue weighted by Crippen LogP contribution is -1.95. The molecular formula is C55H44N2. The lowest BCUT2D eigenvalue weighted by atomic mass is 9.99. The summed E-state index contributed by atoms with van der Waals surface area (Å²) in [7, 11) is 0. The van der Waals surface area contributed by atoms with Gasteiger partial charge in [-0.2, -0.15) is 0 Å². The summed E-state index contributed by atoms with van der Waals surface area (Å²) in [6.45, 7) is 9.82. The van der Waals surface area contributed by atoms with Crippen LogP contribution in [0.1, 0.15) is 19.4 Å². The molecule has 0 aliphatic carbocycles. The van der Waals surface area contributed by atoms with Crippen molar-refractivity contribution < 1.29 is 0 Å². The highest BCUT2D eigenvalue weighted by Gasteiger charge is 2.16. The molecule has 0 amide bonds. The molecule has 10 rings (SSSR count). The van der Waals surface area contributed by atoms with Crippen LogP contribution < -0.4 is 0 Å². The minimum absolute atomic E-state index is 1.18. The van der Waals surface area contributed by atoms with Gasteiger partial charge in [0.1, 0.15) is 0 Å². The Bertz CT molecular complexity index is 3170. The monoisotopic (exact) mass is 732 g/mol. The van der Waals surface area contributed by atoms with Crippen molar-refractivity contribution in [2.24, 2.45) is 0 Å². The molecule has 0 atom stereocenters. The van der Waals surface area contributed by atoms with Gasteiger partial charge in [0.05, 0.1) is 22.1 Å². The number of aryl methyl sites for hydroxylation is 1. The van der Waals surface area contributed by atoms with E-state index in [1.54, 1.807) is 6.08 Å². The van der Waals surface area contributed by atoms with E-state index in [9.17, 15) is 0 Å². The van der Waals surface area contributed by atoms with Crippen molar-refractivity contribution in [3.63, 3.8) is 0 Å². The summed E-state index contributed by atoms with van der Waals surface area (Å²) in [5, 5.41) is 7.57. The normalized spacial score (nSPS) is 11.9. The lowest BCUT2D eigenvalue weighted by molar-refractivity contribution is 1.17. The molecule has 0 fully saturated rings. The smallest absolute Gasteiger partial charge is 0.0541 e. The average Bonchev–Trinajstić information content (AvgIpc) is 3.78. The zero-order chi connectivity index (χ0) is 38.9. The SMILES string of the molecule is C=C/C=C\C(C)=C/C.Cc1cc(-c2ccc3ccccc3c2)cc(-n2c3ccccc3c3cc(-c4ccc5c(c4)c4ccccc4n5-c4ccccc4)ccc32)c1. The molecule has 0 aliphatic rings. The van der Waals surface area contributed by atoms with Gasteiger partial charge < -0.3 is 9.13 Å². The topological polar surface area (TPSA) is 9.86 Å². The molecule has 0 bridgehead atoms. The molecule has 2 nitrogen and oxygen atoms in total. The fourth-order valence-corrected chi connectivity index (χ4v) is 8.18. The van der Waals surface area contributed by atoms with Crippen LogP contribution >= 0.6 is 0 Å². The van der Waals surface area contributed by atoms with Crippen molar-refractivity contribution in [3.05, 3.63) is 218 Å². The Kier molecular flexibility index (Phi) is 9.46. The summed E-state index contributed by atoms with van der Waals surface area (Å²) in [5.74, 6) is 0. The predicted octanol–water partition coefficient (Wildman–Crippen LogP) is 15.4. The van der Waals surface area contributed by atoms with Gasteiger partial charge in [0.25, 0.3) is 0 Å². The van der Waals surface area contributed by atoms with Crippen LogP contribution in [0.5, 0.6) is 0 Å². The molecule has 10 aromatic rings. The zero-order valence-corrected chi connectivity index (χ0v) is 32.7. The van der Waals surface area contributed by atoms with E-state index in [4.69, 9.17) is 0 Å². The van der Waals surface area contributed by atoms with Gasteiger partial charge in [-0.25, -0.2) is 0 Å². The van der Waals surface area contributed by atoms with Gasteiger partial charge in [-0.1, -0.05) is 146 Å². The quantitative estimate of drug-likeness (QED) is 0.151. The standard InChI is InChI=1S/C47H32N2.C8H12/c1-31-25-37(34-20-19-32-11-5-6-12-33(32)27-34)28-39(26-31)49-45-18-10-8-16-41(45)43-30-36(22-24-47(43)49)35-21-23-46-42(29-35)40-15-7-9-17-44(40)48(46)38-13-3-2-4-14-38;1-4-6-7-8(3)5-2/h2-30H,1H3;4-7H,1H2,2-3H3/b;7-6-,8-5-. The van der Waals surface area contributed by atoms with Crippen LogP contribution in [0.4, 0.5) is 0 Å². The van der Waals surface area contributed by atoms with Gasteiger partial charge >= 0.3 is 0 Å². The number of hydrogen-bond donors (Lipinski definition) is 0. The first-order valence-corrected chi connectivity index (χ1v) is 19.7. The second kappa shape index (κ2) is 15.2. The number of benzene rings is 8. The fraction of sp³-hybridized carbons (Fsp3) is 0.0545. The summed E-state index contributed by atoms with van der Waals surface area (Å²) >= 11 is 0. The Balaban J connectivity index is 0.000000481. The number of aromatic nitrogens is 2. The molecule has 2 heterocycles. The van der Waals surface area contributed by atoms with Crippen molar-refractivity contribution >= 4 is 54.4 Å². The Morgan fingerprint density at radius 1 is 0.456 bits per heavy atom. The molecule has 57 heavy (non-hydrogen) atoms. The highest BCUT2D eigenvalue weighted by molar-refractivity contribution is 6.12. The first-order chi connectivity index (χ1) is 28.0. The Hall–Kier alpha value is -7.16. The molecule has 0 unspecified atom stereocenters. The third kappa shape index (κ3) is 6.66. The molecule has 0 spiro atoms. The summed E-state index contributed by atoms with van der Waals surface area (Å²) in [5.41, 5.74) is 14.6. The van der Waals surface area contributed by atoms with E-state index in [1.807, 2.05) is 19.1 Å². The number of hydrogen-bond acceptors (Lipinski definition) is 0. The van der Waals surface area contributed by atoms with Gasteiger partial charge in [-0.15, -0.1) is 0 Å². The second-order valence-corrected chi connectivity index (χ2v) is 14.8. The first kappa shape index (κ1) is 35.5. The maximum absolute atomic E-state index is 3.55. The van der Waals surface area contributed by atoms with Crippen molar-refractivity contribution in [2.75, 3.05) is 0 Å². The van der Waals surface area contributed by atoms with E-state index in [-0.39, 0.29) is 0 Å². The largest absolute Gasteiger partial charge is 0.309 e. The van der Waals surface area contributed by atoms with Crippen molar-refractivity contribution in [2.45, 2.75) is 20.8 Å². The maximum Gasteiger partial charge on any atom is 0.0541 e. The highest BCUT2D eigenvalue weighted by atomic mass is 15.0. The summed E-state index contributed by atoms with van der Waals surface area (Å²) in [6, 6.07) is 64.4. The van der Waals surface area contributed by atoms with E-state index < -0.39 is 0 Å². The molecule has 2 aromatic heterocycles. The summed E-state index contributed by atoms with van der Waals surface area (Å²) in [6.07, 6.45) is 7.77. The van der Waals surface area contributed by atoms with Crippen molar-refractivity contribution in [1.82, 2.24) is 9.13 Å². The molecule has 274 valence electrons. The van der Waals surface area contributed by atoms with Gasteiger partial charge in [-0.05, 0) is 126 Å². The van der Waals surface area contributed by atoms with Crippen LogP contribution in [-0.2, 0) is 0 Å². The minimum atomic E-state index is 1.18. The molecule has 0 saturated carbocycles. The number of para-hydroxylation sites is 3. The number of allylic oxidation sites excluding steroid dienone is 5. The molecule has 0 aliphatic heterocycles. The second-order valence-electron chi connectivity index (χ2n) is 14.8. The molecular weight excluding hydrogens is 689 g/mol. The van der Waals surface area contributed by atoms with Gasteiger partial charge in [0, 0.05) is 32.9 Å². The van der Waals surface area contributed by atoms with Crippen LogP contribution in [0.2, 0.25) is 0 Å². The number of fused-ring (bicyclic) bond motifs is 7. The number of rotatable bonds is 6. The third-order valence-electron chi connectivity index (χ3n) is 11.0. The molecule has 0 radical (unpaired) electrons. The average molecular weight is 733 g/mol. The summed E-state index contributed by atoms with van der Waals surface area (Å²) < 4.78 is 4.81. The zero-order valence-electron chi connectivity index (χ0n) is 32.7. The lowest BCUT2D eigenvalue weighted by Gasteiger charge is -2.13. The molecule has 0 N–H and O–H groups in total. The van der Waals surface area contributed by atoms with Crippen LogP contribution in [0, 0.1) is 6.92 Å². The van der Waals surface area contributed by atoms with E-state index in [0.717, 1.165) is 0 Å². The van der Waals surface area contributed by atoms with Gasteiger partial charge in [0.15, 0.2) is 0 Å². The van der Waals surface area contributed by atoms with Crippen LogP contribution in [-0.4, -0.2) is 9.13 Å². The van der Waals surface area contributed by atoms with Crippen LogP contribution in [0.15, 0.2) is 212 Å². The van der Waals surface area contributed by atoms with Crippen LogP contribution in [0.25, 0.3) is 88.0 Å². The molecule has 2 heteroatoms. The maximum atomic E-state index is 3.55. The minimum Gasteiger partial charge on any atom is -0.309 e. The Morgan fingerprint density at radius 2 is 0.982 bits per heavy atom. The molecule has 8 aromatic carbocycles. The Morgan fingerprint density at radius 3 is 1.61 bits per heavy atom. The van der Waals surface area contributed by atoms with Gasteiger partial charge in [0.2, 0.25) is 0 Å². The van der Waals surface area contributed by atoms with Crippen LogP contribution in [0.3, 0.4) is 0 Å². The number of nitrogens with zero attached hydrogens (tertiary/aromatic N) is 2. The van der Waals surface area contributed by atoms with E-state index in [1.165, 1.54) is 99.1 Å². The van der Waals surface area contributed by atoms with E-state index in [0.29, 0.717) is 0 Å². The first-order valence-electron chi connectivity index (χ1n) is 19.7. The van der Waals surface area contributed by atoms with E-state index in [2.05, 4.69) is 212 Å². The molecule has 0 saturated heterocycles. The fourth-order valence-electron chi connectivity index (χ4n) is 8.18. The summed E-state index contributed by atoms with van der Waals surface area (Å²) in [4.78, 5) is 0. The third-order valence-corrected chi connectivity index (χ3v) is 11.0. The predicted molar refractivity (Wildman–Crippen MR) is 247 cm³/mol. The highest BCUT2D eigenvalue weighted by Crippen LogP contribution is 2.39. The van der Waals surface area contributed by atoms with Gasteiger partial charge in [-0.3, -0.25) is 0 Å². The van der Waals surface area contributed by atoms with Crippen molar-refractivity contribution in [3.8, 4) is 33.6 Å². The van der Waals surface area contributed by atoms with Crippen molar-refractivity contribution in [1.29, 1.82) is 0 Å². The Labute approximate surface area is 334 Å². The van der Waals surface area contributed by atoms with E-state index >= 15 is 0 Å².